The van der Waals surface area contributed by atoms with Crippen LogP contribution in [0.1, 0.15) is 28.8 Å². The third kappa shape index (κ3) is 3.27. The van der Waals surface area contributed by atoms with Crippen molar-refractivity contribution >= 4 is 11.3 Å². The van der Waals surface area contributed by atoms with E-state index in [1.54, 1.807) is 0 Å². The first-order valence-electron chi connectivity index (χ1n) is 8.57. The van der Waals surface area contributed by atoms with Gasteiger partial charge >= 0.3 is 4.87 Å². The highest BCUT2D eigenvalue weighted by Crippen LogP contribution is 2.29. The molecule has 1 aliphatic heterocycles. The molecule has 1 aliphatic carbocycles. The van der Waals surface area contributed by atoms with E-state index in [4.69, 9.17) is 0 Å². The van der Waals surface area contributed by atoms with Gasteiger partial charge in [-0.1, -0.05) is 23.5 Å². The highest BCUT2D eigenvalue weighted by Gasteiger charge is 2.17. The van der Waals surface area contributed by atoms with E-state index >= 15 is 0 Å². The summed E-state index contributed by atoms with van der Waals surface area (Å²) in [4.78, 5) is 18.7. The second kappa shape index (κ2) is 6.59. The largest absolute Gasteiger partial charge is 0.314 e. The zero-order chi connectivity index (χ0) is 15.6. The average Bonchev–Trinajstić information content (AvgIpc) is 2.96. The van der Waals surface area contributed by atoms with Crippen molar-refractivity contribution in [1.29, 1.82) is 0 Å². The van der Waals surface area contributed by atoms with Crippen LogP contribution >= 0.6 is 11.3 Å². The lowest BCUT2D eigenvalue weighted by Gasteiger charge is -2.26. The maximum Gasteiger partial charge on any atom is 0.305 e. The maximum atomic E-state index is 11.9. The lowest BCUT2D eigenvalue weighted by Crippen LogP contribution is -2.42. The number of hydrogen-bond acceptors (Lipinski definition) is 4. The number of H-pyrrole nitrogens is 1. The number of fused-ring (bicyclic) bond motifs is 1. The van der Waals surface area contributed by atoms with Crippen molar-refractivity contribution in [2.24, 2.45) is 0 Å². The normalized spacial score (nSPS) is 18.8. The summed E-state index contributed by atoms with van der Waals surface area (Å²) in [6, 6.07) is 6.74. The van der Waals surface area contributed by atoms with Crippen molar-refractivity contribution in [3.63, 3.8) is 0 Å². The molecule has 122 valence electrons. The van der Waals surface area contributed by atoms with Crippen molar-refractivity contribution < 1.29 is 0 Å². The Morgan fingerprint density at radius 1 is 1.09 bits per heavy atom. The molecule has 4 rings (SSSR count). The lowest BCUT2D eigenvalue weighted by molar-refractivity contribution is 0.235. The molecule has 1 fully saturated rings. The number of benzene rings is 1. The van der Waals surface area contributed by atoms with Crippen molar-refractivity contribution in [1.82, 2.24) is 15.2 Å². The van der Waals surface area contributed by atoms with Crippen LogP contribution in [-0.4, -0.2) is 36.1 Å². The van der Waals surface area contributed by atoms with Gasteiger partial charge in [-0.25, -0.2) is 0 Å². The van der Waals surface area contributed by atoms with Gasteiger partial charge in [-0.05, 0) is 48.4 Å². The summed E-state index contributed by atoms with van der Waals surface area (Å²) in [6.07, 6.45) is 4.95. The number of aryl methyl sites for hydroxylation is 2. The number of aromatic amines is 1. The number of aromatic nitrogens is 1. The molecule has 0 amide bonds. The van der Waals surface area contributed by atoms with E-state index in [9.17, 15) is 4.79 Å². The Morgan fingerprint density at radius 2 is 1.87 bits per heavy atom. The summed E-state index contributed by atoms with van der Waals surface area (Å²) in [6.45, 7) is 5.05. The lowest BCUT2D eigenvalue weighted by atomic mass is 9.90. The number of nitrogens with zero attached hydrogens (tertiary/aromatic N) is 1. The highest BCUT2D eigenvalue weighted by atomic mass is 32.1. The molecule has 0 spiro atoms. The first-order chi connectivity index (χ1) is 11.3. The summed E-state index contributed by atoms with van der Waals surface area (Å²) in [5.41, 5.74) is 5.16. The van der Waals surface area contributed by atoms with Crippen LogP contribution in [-0.2, 0) is 19.4 Å². The van der Waals surface area contributed by atoms with Gasteiger partial charge in [-0.2, -0.15) is 0 Å². The van der Waals surface area contributed by atoms with E-state index < -0.39 is 0 Å². The quantitative estimate of drug-likeness (QED) is 0.909. The standard InChI is InChI=1S/C18H23N3OS/c22-18-20-17(16(23-18)12-21-9-7-19-8-10-21)15-6-5-13-3-1-2-4-14(13)11-15/h5-6,11,19H,1-4,7-10,12H2,(H,20,22). The number of piperazine rings is 1. The molecule has 0 bridgehead atoms. The molecule has 2 N–H and O–H groups in total. The number of rotatable bonds is 3. The zero-order valence-electron chi connectivity index (χ0n) is 13.4. The van der Waals surface area contributed by atoms with Crippen LogP contribution in [0.15, 0.2) is 23.0 Å². The molecule has 23 heavy (non-hydrogen) atoms. The van der Waals surface area contributed by atoms with Gasteiger partial charge in [-0.3, -0.25) is 9.69 Å². The third-order valence-corrected chi connectivity index (χ3v) is 5.80. The van der Waals surface area contributed by atoms with Crippen LogP contribution in [0.2, 0.25) is 0 Å². The van der Waals surface area contributed by atoms with E-state index in [0.717, 1.165) is 38.4 Å². The molecule has 0 radical (unpaired) electrons. The van der Waals surface area contributed by atoms with Crippen LogP contribution in [0.4, 0.5) is 0 Å². The van der Waals surface area contributed by atoms with E-state index in [1.165, 1.54) is 58.6 Å². The predicted molar refractivity (Wildman–Crippen MR) is 95.2 cm³/mol. The van der Waals surface area contributed by atoms with Crippen molar-refractivity contribution in [3.8, 4) is 11.3 Å². The topological polar surface area (TPSA) is 48.1 Å². The van der Waals surface area contributed by atoms with Crippen molar-refractivity contribution in [2.45, 2.75) is 32.2 Å². The molecular formula is C18H23N3OS. The molecule has 2 heterocycles. The Morgan fingerprint density at radius 3 is 2.70 bits per heavy atom. The van der Waals surface area contributed by atoms with Crippen molar-refractivity contribution in [2.75, 3.05) is 26.2 Å². The van der Waals surface area contributed by atoms with Crippen LogP contribution in [0.5, 0.6) is 0 Å². The molecular weight excluding hydrogens is 306 g/mol. The fourth-order valence-electron chi connectivity index (χ4n) is 3.67. The highest BCUT2D eigenvalue weighted by molar-refractivity contribution is 7.09. The minimum absolute atomic E-state index is 0.0582. The first kappa shape index (κ1) is 15.1. The second-order valence-electron chi connectivity index (χ2n) is 6.53. The van der Waals surface area contributed by atoms with Crippen LogP contribution in [0, 0.1) is 0 Å². The fraction of sp³-hybridized carbons (Fsp3) is 0.500. The molecule has 0 unspecified atom stereocenters. The monoisotopic (exact) mass is 329 g/mol. The molecule has 0 saturated carbocycles. The molecule has 1 saturated heterocycles. The first-order valence-corrected chi connectivity index (χ1v) is 9.38. The summed E-state index contributed by atoms with van der Waals surface area (Å²) in [7, 11) is 0. The molecule has 0 atom stereocenters. The summed E-state index contributed by atoms with van der Waals surface area (Å²) < 4.78 is 0. The fourth-order valence-corrected chi connectivity index (χ4v) is 4.56. The number of hydrogen-bond donors (Lipinski definition) is 2. The Hall–Kier alpha value is -1.43. The van der Waals surface area contributed by atoms with Gasteiger partial charge in [0, 0.05) is 37.6 Å². The molecule has 1 aromatic carbocycles. The number of thiazole rings is 1. The Bertz CT molecular complexity index is 743. The Kier molecular flexibility index (Phi) is 4.33. The van der Waals surface area contributed by atoms with Gasteiger partial charge in [0.15, 0.2) is 0 Å². The summed E-state index contributed by atoms with van der Waals surface area (Å²) >= 11 is 1.37. The van der Waals surface area contributed by atoms with E-state index in [2.05, 4.69) is 33.4 Å². The average molecular weight is 329 g/mol. The van der Waals surface area contributed by atoms with Crippen LogP contribution in [0.3, 0.4) is 0 Å². The SMILES string of the molecule is O=c1[nH]c(-c2ccc3c(c2)CCCC3)c(CN2CCNCC2)s1. The van der Waals surface area contributed by atoms with E-state index in [1.807, 2.05) is 0 Å². The van der Waals surface area contributed by atoms with Gasteiger partial charge in [0.2, 0.25) is 0 Å². The molecule has 2 aromatic rings. The number of nitrogens with one attached hydrogen (secondary N) is 2. The Balaban J connectivity index is 1.64. The van der Waals surface area contributed by atoms with E-state index in [-0.39, 0.29) is 4.87 Å². The van der Waals surface area contributed by atoms with Crippen LogP contribution in [0.25, 0.3) is 11.3 Å². The molecule has 1 aromatic heterocycles. The Labute approximate surface area is 140 Å². The second-order valence-corrected chi connectivity index (χ2v) is 7.60. The van der Waals surface area contributed by atoms with Crippen molar-refractivity contribution in [3.05, 3.63) is 43.9 Å². The van der Waals surface area contributed by atoms with Gasteiger partial charge in [-0.15, -0.1) is 0 Å². The van der Waals surface area contributed by atoms with Gasteiger partial charge in [0.1, 0.15) is 0 Å². The van der Waals surface area contributed by atoms with Gasteiger partial charge in [0.25, 0.3) is 0 Å². The summed E-state index contributed by atoms with van der Waals surface area (Å²) in [5, 5.41) is 3.38. The van der Waals surface area contributed by atoms with Gasteiger partial charge in [0.05, 0.1) is 5.69 Å². The van der Waals surface area contributed by atoms with Gasteiger partial charge < -0.3 is 10.3 Å². The van der Waals surface area contributed by atoms with Crippen LogP contribution < -0.4 is 10.2 Å². The zero-order valence-corrected chi connectivity index (χ0v) is 14.2. The maximum absolute atomic E-state index is 11.9. The molecule has 2 aliphatic rings. The molecule has 4 nitrogen and oxygen atoms in total. The minimum Gasteiger partial charge on any atom is -0.314 e. The minimum atomic E-state index is 0.0582. The predicted octanol–water partition coefficient (Wildman–Crippen LogP) is 2.39. The third-order valence-electron chi connectivity index (χ3n) is 4.94. The molecule has 5 heteroatoms. The van der Waals surface area contributed by atoms with E-state index in [0.29, 0.717) is 0 Å². The smallest absolute Gasteiger partial charge is 0.305 e. The summed E-state index contributed by atoms with van der Waals surface area (Å²) in [5.74, 6) is 0.